The van der Waals surface area contributed by atoms with E-state index in [-0.39, 0.29) is 17.2 Å². The zero-order valence-corrected chi connectivity index (χ0v) is 14.7. The number of likely N-dealkylation sites (tertiary alicyclic amines) is 2. The quantitative estimate of drug-likeness (QED) is 0.839. The molecular formula is C18H27N5O2. The lowest BCUT2D eigenvalue weighted by Gasteiger charge is -2.48. The van der Waals surface area contributed by atoms with Crippen molar-refractivity contribution in [3.8, 4) is 0 Å². The number of piperidine rings is 2. The van der Waals surface area contributed by atoms with Crippen LogP contribution in [0.5, 0.6) is 0 Å². The summed E-state index contributed by atoms with van der Waals surface area (Å²) >= 11 is 0. The smallest absolute Gasteiger partial charge is 0.242 e. The summed E-state index contributed by atoms with van der Waals surface area (Å²) in [6.45, 7) is 3.01. The summed E-state index contributed by atoms with van der Waals surface area (Å²) in [6, 6.07) is 0. The van der Waals surface area contributed by atoms with E-state index in [1.54, 1.807) is 6.33 Å². The molecule has 0 bridgehead atoms. The van der Waals surface area contributed by atoms with E-state index in [1.165, 1.54) is 0 Å². The van der Waals surface area contributed by atoms with Gasteiger partial charge in [0.15, 0.2) is 0 Å². The topological polar surface area (TPSA) is 95.3 Å². The van der Waals surface area contributed by atoms with E-state index in [0.29, 0.717) is 13.0 Å². The van der Waals surface area contributed by atoms with Crippen molar-refractivity contribution in [1.82, 2.24) is 19.8 Å². The van der Waals surface area contributed by atoms with E-state index >= 15 is 0 Å². The largest absolute Gasteiger partial charge is 0.348 e. The zero-order chi connectivity index (χ0) is 17.5. The number of nitrogens with zero attached hydrogens (tertiary/aromatic N) is 3. The number of carbonyl (C=O) groups is 2. The van der Waals surface area contributed by atoms with E-state index in [0.717, 1.165) is 63.9 Å². The molecule has 0 unspecified atom stereocenters. The van der Waals surface area contributed by atoms with Crippen molar-refractivity contribution in [2.75, 3.05) is 26.2 Å². The minimum absolute atomic E-state index is 0.0427. The molecule has 1 atom stereocenters. The van der Waals surface area contributed by atoms with Gasteiger partial charge in [-0.3, -0.25) is 9.59 Å². The van der Waals surface area contributed by atoms with E-state index in [9.17, 15) is 9.59 Å². The third kappa shape index (κ3) is 3.29. The Hall–Kier alpha value is -1.89. The minimum atomic E-state index is -0.594. The highest BCUT2D eigenvalue weighted by atomic mass is 16.2. The van der Waals surface area contributed by atoms with Crippen LogP contribution < -0.4 is 5.73 Å². The molecule has 25 heavy (non-hydrogen) atoms. The van der Waals surface area contributed by atoms with E-state index < -0.39 is 5.54 Å². The summed E-state index contributed by atoms with van der Waals surface area (Å²) in [7, 11) is 0. The lowest BCUT2D eigenvalue weighted by atomic mass is 9.73. The number of rotatable bonds is 4. The Labute approximate surface area is 147 Å². The Bertz CT molecular complexity index is 654. The molecule has 1 aromatic rings. The molecule has 3 heterocycles. The monoisotopic (exact) mass is 345 g/mol. The summed E-state index contributed by atoms with van der Waals surface area (Å²) < 4.78 is 0. The second-order valence-corrected chi connectivity index (χ2v) is 8.13. The fraction of sp³-hybridized carbons (Fsp3) is 0.722. The van der Waals surface area contributed by atoms with Crippen molar-refractivity contribution in [1.29, 1.82) is 0 Å². The molecule has 1 aliphatic carbocycles. The van der Waals surface area contributed by atoms with Crippen LogP contribution >= 0.6 is 0 Å². The number of aromatic amines is 1. The molecule has 1 spiro atoms. The molecule has 136 valence electrons. The highest BCUT2D eigenvalue weighted by Gasteiger charge is 2.51. The Morgan fingerprint density at radius 2 is 2.12 bits per heavy atom. The van der Waals surface area contributed by atoms with Crippen molar-refractivity contribution >= 4 is 11.8 Å². The number of hydrogen-bond donors (Lipinski definition) is 2. The molecule has 4 rings (SSSR count). The molecule has 2 saturated heterocycles. The first-order valence-corrected chi connectivity index (χ1v) is 9.33. The number of H-pyrrole nitrogens is 1. The second-order valence-electron chi connectivity index (χ2n) is 8.13. The first-order valence-electron chi connectivity index (χ1n) is 9.33. The lowest BCUT2D eigenvalue weighted by Crippen LogP contribution is -2.57. The zero-order valence-electron chi connectivity index (χ0n) is 14.7. The average molecular weight is 345 g/mol. The number of nitrogens with two attached hydrogens (primary N) is 1. The summed E-state index contributed by atoms with van der Waals surface area (Å²) in [5.74, 6) is 0.346. The maximum absolute atomic E-state index is 12.6. The number of hydrogen-bond acceptors (Lipinski definition) is 4. The SMILES string of the molecule is NC1(C(=O)N2CCC[C@]3(CCC(=O)N(CCc4cnc[nH]4)C3)C2)CC1. The maximum Gasteiger partial charge on any atom is 0.242 e. The van der Waals surface area contributed by atoms with Crippen LogP contribution in [0.2, 0.25) is 0 Å². The van der Waals surface area contributed by atoms with Gasteiger partial charge in [0.1, 0.15) is 0 Å². The van der Waals surface area contributed by atoms with Crippen LogP contribution in [0.4, 0.5) is 0 Å². The Kier molecular flexibility index (Phi) is 4.06. The molecule has 0 radical (unpaired) electrons. The molecule has 3 aliphatic rings. The van der Waals surface area contributed by atoms with Crippen LogP contribution in [0.1, 0.15) is 44.2 Å². The van der Waals surface area contributed by atoms with E-state index in [4.69, 9.17) is 5.73 Å². The van der Waals surface area contributed by atoms with Crippen molar-refractivity contribution in [3.63, 3.8) is 0 Å². The normalized spacial score (nSPS) is 28.4. The molecule has 3 fully saturated rings. The van der Waals surface area contributed by atoms with Crippen molar-refractivity contribution in [2.24, 2.45) is 11.1 Å². The number of nitrogens with one attached hydrogen (secondary N) is 1. The van der Waals surface area contributed by atoms with Gasteiger partial charge in [-0.25, -0.2) is 4.98 Å². The number of imidazole rings is 1. The molecule has 7 nitrogen and oxygen atoms in total. The fourth-order valence-electron chi connectivity index (χ4n) is 4.36. The van der Waals surface area contributed by atoms with Crippen LogP contribution in [0.25, 0.3) is 0 Å². The number of aromatic nitrogens is 2. The van der Waals surface area contributed by atoms with Gasteiger partial charge in [-0.2, -0.15) is 0 Å². The van der Waals surface area contributed by atoms with Gasteiger partial charge in [0, 0.05) is 56.3 Å². The summed E-state index contributed by atoms with van der Waals surface area (Å²) in [5.41, 5.74) is 6.62. The highest BCUT2D eigenvalue weighted by Crippen LogP contribution is 2.41. The van der Waals surface area contributed by atoms with E-state index in [1.807, 2.05) is 16.0 Å². The van der Waals surface area contributed by atoms with Gasteiger partial charge >= 0.3 is 0 Å². The van der Waals surface area contributed by atoms with Crippen molar-refractivity contribution < 1.29 is 9.59 Å². The van der Waals surface area contributed by atoms with Gasteiger partial charge in [0.2, 0.25) is 11.8 Å². The van der Waals surface area contributed by atoms with Crippen LogP contribution in [-0.4, -0.2) is 63.3 Å². The van der Waals surface area contributed by atoms with Gasteiger partial charge in [0.25, 0.3) is 0 Å². The molecule has 1 aromatic heterocycles. The van der Waals surface area contributed by atoms with Crippen LogP contribution in [0.15, 0.2) is 12.5 Å². The first-order chi connectivity index (χ1) is 12.0. The molecule has 7 heteroatoms. The summed E-state index contributed by atoms with van der Waals surface area (Å²) in [4.78, 5) is 36.1. The van der Waals surface area contributed by atoms with E-state index in [2.05, 4.69) is 9.97 Å². The van der Waals surface area contributed by atoms with Gasteiger partial charge in [-0.15, -0.1) is 0 Å². The predicted molar refractivity (Wildman–Crippen MR) is 92.5 cm³/mol. The fourth-order valence-corrected chi connectivity index (χ4v) is 4.36. The standard InChI is InChI=1S/C18H27N5O2/c19-18(6-7-18)16(25)23-8-1-4-17(12-23)5-2-15(24)22(11-17)9-3-14-10-20-13-21-14/h10,13H,1-9,11-12,19H2,(H,20,21)/t17-/m1/s1. The molecule has 2 amide bonds. The third-order valence-electron chi connectivity index (χ3n) is 6.12. The second kappa shape index (κ2) is 6.12. The molecular weight excluding hydrogens is 318 g/mol. The predicted octanol–water partition coefficient (Wildman–Crippen LogP) is 0.675. The molecule has 3 N–H and O–H groups in total. The van der Waals surface area contributed by atoms with Gasteiger partial charge in [-0.05, 0) is 32.1 Å². The highest BCUT2D eigenvalue weighted by molar-refractivity contribution is 5.89. The number of carbonyl (C=O) groups excluding carboxylic acids is 2. The maximum atomic E-state index is 12.6. The molecule has 1 saturated carbocycles. The number of amides is 2. The molecule has 2 aliphatic heterocycles. The van der Waals surface area contributed by atoms with Crippen LogP contribution in [-0.2, 0) is 16.0 Å². The summed E-state index contributed by atoms with van der Waals surface area (Å²) in [5, 5.41) is 0. The lowest BCUT2D eigenvalue weighted by molar-refractivity contribution is -0.144. The molecule has 0 aromatic carbocycles. The van der Waals surface area contributed by atoms with Gasteiger partial charge < -0.3 is 20.5 Å². The van der Waals surface area contributed by atoms with Crippen molar-refractivity contribution in [2.45, 2.75) is 50.5 Å². The Morgan fingerprint density at radius 3 is 2.84 bits per heavy atom. The minimum Gasteiger partial charge on any atom is -0.348 e. The van der Waals surface area contributed by atoms with Gasteiger partial charge in [-0.1, -0.05) is 0 Å². The van der Waals surface area contributed by atoms with Crippen LogP contribution in [0, 0.1) is 5.41 Å². The van der Waals surface area contributed by atoms with Gasteiger partial charge in [0.05, 0.1) is 11.9 Å². The van der Waals surface area contributed by atoms with Crippen LogP contribution in [0.3, 0.4) is 0 Å². The Morgan fingerprint density at radius 1 is 1.28 bits per heavy atom. The van der Waals surface area contributed by atoms with Crippen molar-refractivity contribution in [3.05, 3.63) is 18.2 Å². The third-order valence-corrected chi connectivity index (χ3v) is 6.12. The Balaban J connectivity index is 1.41. The first kappa shape index (κ1) is 16.6. The summed E-state index contributed by atoms with van der Waals surface area (Å²) in [6.07, 6.45) is 9.44. The average Bonchev–Trinajstić information content (AvgIpc) is 3.15.